The van der Waals surface area contributed by atoms with E-state index in [2.05, 4.69) is 33.7 Å². The molecule has 4 aromatic rings. The van der Waals surface area contributed by atoms with Gasteiger partial charge in [-0.3, -0.25) is 15.2 Å². The number of rotatable bonds is 3. The second kappa shape index (κ2) is 8.13. The predicted octanol–water partition coefficient (Wildman–Crippen LogP) is 5.77. The van der Waals surface area contributed by atoms with Crippen molar-refractivity contribution in [1.82, 2.24) is 20.5 Å². The SMILES string of the molecule is O=C1NC2(Oc3ccccc3C3CC(c4ccccc4)=NN32)/C(=C/c2cn[nH]c2-c2ccccc2)S1. The summed E-state index contributed by atoms with van der Waals surface area (Å²) in [6.07, 6.45) is 4.44. The first kappa shape index (κ1) is 21.0. The average Bonchev–Trinajstić information content (AvgIpc) is 3.64. The molecule has 8 heteroatoms. The Morgan fingerprint density at radius 3 is 2.50 bits per heavy atom. The molecule has 2 N–H and O–H groups in total. The molecule has 7 rings (SSSR count). The molecule has 1 aromatic heterocycles. The van der Waals surface area contributed by atoms with E-state index >= 15 is 0 Å². The largest absolute Gasteiger partial charge is 0.444 e. The number of aromatic nitrogens is 2. The lowest BCUT2D eigenvalue weighted by Gasteiger charge is -2.45. The number of hydrogen-bond acceptors (Lipinski definition) is 6. The normalized spacial score (nSPS) is 23.3. The Hall–Kier alpha value is -4.30. The van der Waals surface area contributed by atoms with Crippen LogP contribution in [-0.4, -0.2) is 32.0 Å². The molecule has 1 fully saturated rings. The maximum absolute atomic E-state index is 12.9. The minimum Gasteiger partial charge on any atom is -0.444 e. The molecule has 2 unspecified atom stereocenters. The van der Waals surface area contributed by atoms with Crippen molar-refractivity contribution < 1.29 is 9.53 Å². The number of thioether (sulfide) groups is 1. The number of hydrogen-bond donors (Lipinski definition) is 2. The van der Waals surface area contributed by atoms with Crippen LogP contribution in [0.4, 0.5) is 4.79 Å². The van der Waals surface area contributed by atoms with Crippen LogP contribution in [-0.2, 0) is 0 Å². The Morgan fingerprint density at radius 2 is 1.69 bits per heavy atom. The Labute approximate surface area is 211 Å². The summed E-state index contributed by atoms with van der Waals surface area (Å²) in [6.45, 7) is 0. The number of ether oxygens (including phenoxy) is 1. The summed E-state index contributed by atoms with van der Waals surface area (Å²) in [4.78, 5) is 13.6. The number of nitrogens with zero attached hydrogens (tertiary/aromatic N) is 3. The number of H-pyrrole nitrogens is 1. The van der Waals surface area contributed by atoms with Gasteiger partial charge in [-0.25, -0.2) is 5.01 Å². The Morgan fingerprint density at radius 1 is 0.972 bits per heavy atom. The lowest BCUT2D eigenvalue weighted by atomic mass is 9.95. The van der Waals surface area contributed by atoms with Crippen LogP contribution in [0.25, 0.3) is 17.3 Å². The van der Waals surface area contributed by atoms with Gasteiger partial charge in [-0.2, -0.15) is 10.2 Å². The van der Waals surface area contributed by atoms with Gasteiger partial charge in [-0.1, -0.05) is 78.9 Å². The molecule has 3 aliphatic heterocycles. The molecule has 2 atom stereocenters. The molecule has 0 bridgehead atoms. The number of carbonyl (C=O) groups excluding carboxylic acids is 1. The van der Waals surface area contributed by atoms with E-state index in [1.807, 2.05) is 77.8 Å². The highest BCUT2D eigenvalue weighted by atomic mass is 32.2. The summed E-state index contributed by atoms with van der Waals surface area (Å²) in [6, 6.07) is 28.0. The first-order valence-electron chi connectivity index (χ1n) is 11.7. The van der Waals surface area contributed by atoms with Gasteiger partial charge < -0.3 is 4.74 Å². The van der Waals surface area contributed by atoms with E-state index < -0.39 is 5.85 Å². The van der Waals surface area contributed by atoms with Crippen LogP contribution < -0.4 is 10.1 Å². The quantitative estimate of drug-likeness (QED) is 0.380. The smallest absolute Gasteiger partial charge is 0.314 e. The number of amides is 1. The molecule has 0 aliphatic carbocycles. The fraction of sp³-hybridized carbons (Fsp3) is 0.107. The highest BCUT2D eigenvalue weighted by Gasteiger charge is 2.58. The van der Waals surface area contributed by atoms with E-state index in [9.17, 15) is 4.79 Å². The third-order valence-electron chi connectivity index (χ3n) is 6.70. The van der Waals surface area contributed by atoms with E-state index in [0.29, 0.717) is 11.3 Å². The molecular formula is C28H21N5O2S. The summed E-state index contributed by atoms with van der Waals surface area (Å²) < 4.78 is 6.62. The second-order valence-corrected chi connectivity index (χ2v) is 9.87. The molecule has 7 nitrogen and oxygen atoms in total. The van der Waals surface area contributed by atoms with E-state index in [0.717, 1.165) is 51.2 Å². The third kappa shape index (κ3) is 3.25. The van der Waals surface area contributed by atoms with Crippen LogP contribution >= 0.6 is 11.8 Å². The van der Waals surface area contributed by atoms with Gasteiger partial charge in [0.15, 0.2) is 0 Å². The number of para-hydroxylation sites is 1. The van der Waals surface area contributed by atoms with Gasteiger partial charge in [-0.05, 0) is 29.5 Å². The van der Waals surface area contributed by atoms with Crippen molar-refractivity contribution in [2.24, 2.45) is 5.10 Å². The van der Waals surface area contributed by atoms with Gasteiger partial charge in [0.25, 0.3) is 5.24 Å². The van der Waals surface area contributed by atoms with E-state index in [-0.39, 0.29) is 11.3 Å². The number of hydrazone groups is 1. The highest BCUT2D eigenvalue weighted by molar-refractivity contribution is 8.17. The van der Waals surface area contributed by atoms with Crippen LogP contribution in [0.5, 0.6) is 5.75 Å². The maximum atomic E-state index is 12.9. The monoisotopic (exact) mass is 491 g/mol. The van der Waals surface area contributed by atoms with Crippen LogP contribution in [0.3, 0.4) is 0 Å². The van der Waals surface area contributed by atoms with Gasteiger partial charge >= 0.3 is 5.85 Å². The first-order valence-corrected chi connectivity index (χ1v) is 12.5. The molecule has 1 amide bonds. The van der Waals surface area contributed by atoms with Crippen molar-refractivity contribution in [2.75, 3.05) is 0 Å². The minimum absolute atomic E-state index is 0.0782. The molecule has 0 radical (unpaired) electrons. The first-order chi connectivity index (χ1) is 17.7. The molecule has 0 saturated carbocycles. The van der Waals surface area contributed by atoms with Crippen LogP contribution in [0.2, 0.25) is 0 Å². The summed E-state index contributed by atoms with van der Waals surface area (Å²) in [5, 5.41) is 17.3. The van der Waals surface area contributed by atoms with Gasteiger partial charge in [0.1, 0.15) is 5.75 Å². The number of aromatic amines is 1. The number of fused-ring (bicyclic) bond motifs is 4. The summed E-state index contributed by atoms with van der Waals surface area (Å²) in [7, 11) is 0. The minimum atomic E-state index is -1.25. The Balaban J connectivity index is 1.38. The van der Waals surface area contributed by atoms with Crippen molar-refractivity contribution >= 4 is 28.8 Å². The van der Waals surface area contributed by atoms with E-state index in [1.54, 1.807) is 6.20 Å². The summed E-state index contributed by atoms with van der Waals surface area (Å²) in [5.74, 6) is -0.504. The molecule has 176 valence electrons. The maximum Gasteiger partial charge on any atom is 0.314 e. The second-order valence-electron chi connectivity index (χ2n) is 8.85. The lowest BCUT2D eigenvalue weighted by Crippen LogP contribution is -2.61. The lowest BCUT2D eigenvalue weighted by molar-refractivity contribution is -0.0949. The summed E-state index contributed by atoms with van der Waals surface area (Å²) >= 11 is 1.13. The van der Waals surface area contributed by atoms with Crippen molar-refractivity contribution in [2.45, 2.75) is 18.3 Å². The molecule has 1 spiro atoms. The Bertz CT molecular complexity index is 1530. The topological polar surface area (TPSA) is 82.6 Å². The Kier molecular flexibility index (Phi) is 4.75. The number of carbonyl (C=O) groups is 1. The molecular weight excluding hydrogens is 470 g/mol. The summed E-state index contributed by atoms with van der Waals surface area (Å²) in [5.41, 5.74) is 5.82. The van der Waals surface area contributed by atoms with Crippen molar-refractivity contribution in [3.05, 3.63) is 113 Å². The molecule has 3 aliphatic rings. The fourth-order valence-corrected chi connectivity index (χ4v) is 5.95. The van der Waals surface area contributed by atoms with Crippen molar-refractivity contribution in [1.29, 1.82) is 0 Å². The molecule has 1 saturated heterocycles. The predicted molar refractivity (Wildman–Crippen MR) is 140 cm³/mol. The molecule has 3 aromatic carbocycles. The van der Waals surface area contributed by atoms with Gasteiger partial charge in [-0.15, -0.1) is 0 Å². The third-order valence-corrected chi connectivity index (χ3v) is 7.60. The van der Waals surface area contributed by atoms with Gasteiger partial charge in [0.2, 0.25) is 0 Å². The zero-order valence-electron chi connectivity index (χ0n) is 19.1. The van der Waals surface area contributed by atoms with Gasteiger partial charge in [0.05, 0.1) is 28.5 Å². The highest BCUT2D eigenvalue weighted by Crippen LogP contribution is 2.52. The molecule has 36 heavy (non-hydrogen) atoms. The van der Waals surface area contributed by atoms with Crippen LogP contribution in [0, 0.1) is 0 Å². The van der Waals surface area contributed by atoms with E-state index in [1.165, 1.54) is 0 Å². The van der Waals surface area contributed by atoms with Crippen LogP contribution in [0.15, 0.2) is 101 Å². The average molecular weight is 492 g/mol. The fourth-order valence-electron chi connectivity index (χ4n) is 5.05. The number of nitrogens with one attached hydrogen (secondary N) is 2. The number of benzene rings is 3. The molecule has 4 heterocycles. The van der Waals surface area contributed by atoms with Crippen molar-refractivity contribution in [3.8, 4) is 17.0 Å². The van der Waals surface area contributed by atoms with Gasteiger partial charge in [0, 0.05) is 23.1 Å². The standard InChI is InChI=1S/C28H21N5O2S/c34-27-30-28(25(36-27)15-20-17-29-31-26(20)19-11-5-2-6-12-19)33-23(21-13-7-8-14-24(21)35-28)16-22(32-33)18-9-3-1-4-10-18/h1-15,17,23H,16H2,(H,29,31)(H,30,34)/b25-15-. The van der Waals surface area contributed by atoms with Crippen molar-refractivity contribution in [3.63, 3.8) is 0 Å². The van der Waals surface area contributed by atoms with E-state index in [4.69, 9.17) is 9.84 Å². The zero-order valence-corrected chi connectivity index (χ0v) is 19.9. The zero-order chi connectivity index (χ0) is 24.1. The van der Waals surface area contributed by atoms with Crippen LogP contribution in [0.1, 0.15) is 29.2 Å².